The summed E-state index contributed by atoms with van der Waals surface area (Å²) in [6, 6.07) is 3.26. The van der Waals surface area contributed by atoms with E-state index >= 15 is 0 Å². The fourth-order valence-corrected chi connectivity index (χ4v) is 2.26. The number of hydrogen-bond donors (Lipinski definition) is 0. The highest BCUT2D eigenvalue weighted by atomic mass is 35.5. The highest BCUT2D eigenvalue weighted by Gasteiger charge is 2.33. The van der Waals surface area contributed by atoms with Crippen molar-refractivity contribution in [2.75, 3.05) is 0 Å². The zero-order chi connectivity index (χ0) is 20.8. The molecule has 0 saturated carbocycles. The van der Waals surface area contributed by atoms with Crippen LogP contribution in [0.2, 0.25) is 10.0 Å². The molecule has 3 nitrogen and oxygen atoms in total. The Bertz CT molecular complexity index is 831. The van der Waals surface area contributed by atoms with Crippen molar-refractivity contribution in [3.63, 3.8) is 0 Å². The third kappa shape index (κ3) is 7.05. The van der Waals surface area contributed by atoms with E-state index in [1.54, 1.807) is 6.07 Å². The number of halogens is 9. The summed E-state index contributed by atoms with van der Waals surface area (Å²) >= 11 is 16.4. The lowest BCUT2D eigenvalue weighted by molar-refractivity contribution is -0.142. The van der Waals surface area contributed by atoms with Crippen LogP contribution in [0.3, 0.4) is 0 Å². The molecule has 0 aliphatic carbocycles. The van der Waals surface area contributed by atoms with Crippen molar-refractivity contribution in [2.45, 2.75) is 24.7 Å². The van der Waals surface area contributed by atoms with Gasteiger partial charge in [0.05, 0.1) is 18.4 Å². The zero-order valence-corrected chi connectivity index (χ0v) is 15.2. The number of rotatable bonds is 2. The Kier molecular flexibility index (Phi) is 8.14. The van der Waals surface area contributed by atoms with Gasteiger partial charge in [-0.3, -0.25) is 9.97 Å². The lowest BCUT2D eigenvalue weighted by atomic mass is 10.2. The Morgan fingerprint density at radius 3 is 1.56 bits per heavy atom. The van der Waals surface area contributed by atoms with Gasteiger partial charge in [0.2, 0.25) is 0 Å². The largest absolute Gasteiger partial charge is 0.433 e. The molecule has 0 atom stereocenters. The van der Waals surface area contributed by atoms with Crippen LogP contribution in [0.1, 0.15) is 22.5 Å². The van der Waals surface area contributed by atoms with Gasteiger partial charge >= 0.3 is 12.4 Å². The third-order valence-electron chi connectivity index (χ3n) is 2.85. The van der Waals surface area contributed by atoms with Gasteiger partial charge in [0.15, 0.2) is 0 Å². The summed E-state index contributed by atoms with van der Waals surface area (Å²) in [5.74, 6) is 0.0456. The van der Waals surface area contributed by atoms with Crippen molar-refractivity contribution in [2.24, 2.45) is 0 Å². The van der Waals surface area contributed by atoms with E-state index in [0.717, 1.165) is 18.5 Å². The topological polar surface area (TPSA) is 49.6 Å². The van der Waals surface area contributed by atoms with Crippen molar-refractivity contribution in [1.82, 2.24) is 9.97 Å². The molecule has 27 heavy (non-hydrogen) atoms. The normalized spacial score (nSPS) is 11.4. The fraction of sp³-hybridized carbons (Fsp3) is 0.267. The lowest BCUT2D eigenvalue weighted by Crippen LogP contribution is -2.08. The number of aromatic nitrogens is 2. The summed E-state index contributed by atoms with van der Waals surface area (Å²) in [6.07, 6.45) is -7.03. The maximum absolute atomic E-state index is 12.1. The van der Waals surface area contributed by atoms with E-state index in [1.807, 2.05) is 0 Å². The van der Waals surface area contributed by atoms with E-state index < -0.39 is 23.7 Å². The van der Waals surface area contributed by atoms with Gasteiger partial charge in [0.25, 0.3) is 0 Å². The molecule has 2 aromatic heterocycles. The Hall–Kier alpha value is -1.76. The van der Waals surface area contributed by atoms with Crippen LogP contribution in [0.5, 0.6) is 0 Å². The minimum absolute atomic E-state index is 0.0164. The zero-order valence-electron chi connectivity index (χ0n) is 13.0. The quantitative estimate of drug-likeness (QED) is 0.398. The standard InChI is InChI=1S/C8H4ClF3N2.C7H4Cl2F3N/c9-6-3-7(8(10,11)12)14-4-5(6)1-2-13;8-2-4-3-13-6(1-5(4)9)7(10,11)12/h3-4H,1H2;1,3H,2H2. The van der Waals surface area contributed by atoms with Gasteiger partial charge in [-0.2, -0.15) is 31.6 Å². The first-order valence-corrected chi connectivity index (χ1v) is 8.05. The minimum Gasteiger partial charge on any atom is -0.251 e. The van der Waals surface area contributed by atoms with Crippen molar-refractivity contribution in [3.05, 3.63) is 57.1 Å². The van der Waals surface area contributed by atoms with E-state index in [4.69, 9.17) is 40.1 Å². The maximum atomic E-state index is 12.1. The van der Waals surface area contributed by atoms with E-state index in [0.29, 0.717) is 17.2 Å². The molecule has 2 rings (SSSR count). The molecule has 0 aliphatic rings. The summed E-state index contributed by atoms with van der Waals surface area (Å²) in [5, 5.41) is 8.21. The molecule has 0 amide bonds. The number of nitrogens with zero attached hydrogens (tertiary/aromatic N) is 3. The SMILES string of the molecule is FC(F)(F)c1cc(Cl)c(CCl)cn1.N#CCc1cnc(C(F)(F)F)cc1Cl. The summed E-state index contributed by atoms with van der Waals surface area (Å²) in [5.41, 5.74) is -1.38. The minimum atomic E-state index is -4.51. The van der Waals surface area contributed by atoms with Crippen molar-refractivity contribution in [3.8, 4) is 6.07 Å². The van der Waals surface area contributed by atoms with Crippen LogP contribution in [0.15, 0.2) is 24.5 Å². The van der Waals surface area contributed by atoms with Crippen molar-refractivity contribution >= 4 is 34.8 Å². The van der Waals surface area contributed by atoms with Gasteiger partial charge in [-0.05, 0) is 12.1 Å². The maximum Gasteiger partial charge on any atom is 0.433 e. The molecular weight excluding hydrogens is 443 g/mol. The molecule has 2 heterocycles. The Morgan fingerprint density at radius 2 is 1.26 bits per heavy atom. The van der Waals surface area contributed by atoms with Gasteiger partial charge in [-0.25, -0.2) is 0 Å². The molecule has 0 aliphatic heterocycles. The fourth-order valence-electron chi connectivity index (χ4n) is 1.54. The predicted octanol–water partition coefficient (Wildman–Crippen LogP) is 6.31. The second-order valence-electron chi connectivity index (χ2n) is 4.79. The summed E-state index contributed by atoms with van der Waals surface area (Å²) in [4.78, 5) is 6.36. The number of pyridine rings is 2. The average Bonchev–Trinajstić information content (AvgIpc) is 2.55. The molecule has 2 aromatic rings. The molecule has 12 heteroatoms. The van der Waals surface area contributed by atoms with Gasteiger partial charge < -0.3 is 0 Å². The van der Waals surface area contributed by atoms with Crippen LogP contribution in [0, 0.1) is 11.3 Å². The third-order valence-corrected chi connectivity index (χ3v) is 3.85. The number of nitriles is 1. The van der Waals surface area contributed by atoms with Crippen LogP contribution >= 0.6 is 34.8 Å². The average molecular weight is 451 g/mol. The van der Waals surface area contributed by atoms with Gasteiger partial charge in [0.1, 0.15) is 11.4 Å². The van der Waals surface area contributed by atoms with Crippen molar-refractivity contribution in [1.29, 1.82) is 5.26 Å². The van der Waals surface area contributed by atoms with Crippen LogP contribution in [-0.2, 0) is 24.7 Å². The van der Waals surface area contributed by atoms with E-state index in [2.05, 4.69) is 9.97 Å². The van der Waals surface area contributed by atoms with Gasteiger partial charge in [0, 0.05) is 33.6 Å². The first-order chi connectivity index (χ1) is 12.4. The van der Waals surface area contributed by atoms with Crippen LogP contribution in [-0.4, -0.2) is 9.97 Å². The van der Waals surface area contributed by atoms with Crippen molar-refractivity contribution < 1.29 is 26.3 Å². The molecule has 0 aromatic carbocycles. The Morgan fingerprint density at radius 1 is 0.852 bits per heavy atom. The van der Waals surface area contributed by atoms with E-state index in [1.165, 1.54) is 0 Å². The second kappa shape index (κ2) is 9.44. The first kappa shape index (κ1) is 23.3. The highest BCUT2D eigenvalue weighted by Crippen LogP contribution is 2.31. The first-order valence-electron chi connectivity index (χ1n) is 6.76. The van der Waals surface area contributed by atoms with Gasteiger partial charge in [-0.15, -0.1) is 11.6 Å². The van der Waals surface area contributed by atoms with E-state index in [9.17, 15) is 26.3 Å². The monoisotopic (exact) mass is 449 g/mol. The van der Waals surface area contributed by atoms with Crippen LogP contribution < -0.4 is 0 Å². The summed E-state index contributed by atoms with van der Waals surface area (Å²) in [6.45, 7) is 0. The smallest absolute Gasteiger partial charge is 0.251 e. The molecule has 0 fully saturated rings. The molecule has 0 unspecified atom stereocenters. The molecular formula is C15H8Cl3F6N3. The molecule has 146 valence electrons. The molecule has 0 spiro atoms. The molecule has 0 bridgehead atoms. The van der Waals surface area contributed by atoms with Gasteiger partial charge in [-0.1, -0.05) is 23.2 Å². The lowest BCUT2D eigenvalue weighted by Gasteiger charge is -2.06. The summed E-state index contributed by atoms with van der Waals surface area (Å²) < 4.78 is 72.4. The van der Waals surface area contributed by atoms with E-state index in [-0.39, 0.29) is 22.3 Å². The molecule has 0 N–H and O–H groups in total. The summed E-state index contributed by atoms with van der Waals surface area (Å²) in [7, 11) is 0. The Balaban J connectivity index is 0.000000271. The number of hydrogen-bond acceptors (Lipinski definition) is 3. The number of alkyl halides is 7. The molecule has 0 saturated heterocycles. The van der Waals surface area contributed by atoms with Crippen LogP contribution in [0.25, 0.3) is 0 Å². The second-order valence-corrected chi connectivity index (χ2v) is 5.87. The molecule has 0 radical (unpaired) electrons. The van der Waals surface area contributed by atoms with Crippen LogP contribution in [0.4, 0.5) is 26.3 Å². The predicted molar refractivity (Wildman–Crippen MR) is 87.4 cm³/mol. The highest BCUT2D eigenvalue weighted by molar-refractivity contribution is 6.32. The Labute approximate surface area is 164 Å².